The van der Waals surface area contributed by atoms with Gasteiger partial charge in [0.25, 0.3) is 0 Å². The second kappa shape index (κ2) is 8.79. The Bertz CT molecular complexity index is 1170. The highest BCUT2D eigenvalue weighted by atomic mass is 32.2. The molecule has 0 radical (unpaired) electrons. The van der Waals surface area contributed by atoms with E-state index in [0.717, 1.165) is 22.3 Å². The summed E-state index contributed by atoms with van der Waals surface area (Å²) in [6.07, 6.45) is 3.74. The number of ether oxygens (including phenoxy) is 1. The van der Waals surface area contributed by atoms with Crippen molar-refractivity contribution >= 4 is 27.2 Å². The summed E-state index contributed by atoms with van der Waals surface area (Å²) in [6, 6.07) is 9.64. The van der Waals surface area contributed by atoms with Crippen LogP contribution in [0.4, 0.5) is 5.82 Å². The first-order chi connectivity index (χ1) is 14.9. The van der Waals surface area contributed by atoms with Gasteiger partial charge < -0.3 is 19.7 Å². The molecule has 10 nitrogen and oxygen atoms in total. The second-order valence-corrected chi connectivity index (χ2v) is 8.86. The van der Waals surface area contributed by atoms with E-state index in [-0.39, 0.29) is 18.5 Å². The number of aromatic nitrogens is 3. The topological polar surface area (TPSA) is 139 Å². The van der Waals surface area contributed by atoms with Crippen LogP contribution in [0.25, 0.3) is 11.0 Å². The maximum Gasteiger partial charge on any atom is 0.333 e. The second-order valence-electron chi connectivity index (χ2n) is 7.62. The summed E-state index contributed by atoms with van der Waals surface area (Å²) < 4.78 is 40.2. The molecule has 0 unspecified atom stereocenters. The van der Waals surface area contributed by atoms with Gasteiger partial charge in [0.1, 0.15) is 23.5 Å². The molecule has 0 saturated heterocycles. The van der Waals surface area contributed by atoms with Gasteiger partial charge in [0.2, 0.25) is 0 Å². The van der Waals surface area contributed by atoms with Crippen LogP contribution < -0.4 is 14.8 Å². The molecule has 1 aromatic carbocycles. The van der Waals surface area contributed by atoms with Crippen LogP contribution in [0.3, 0.4) is 0 Å². The zero-order chi connectivity index (χ0) is 22.0. The first-order valence-corrected chi connectivity index (χ1v) is 11.4. The molecule has 4 N–H and O–H groups in total. The smallest absolute Gasteiger partial charge is 0.333 e. The molecule has 1 fully saturated rings. The fraction of sp³-hybridized carbons (Fsp3) is 0.400. The molecule has 166 valence electrons. The van der Waals surface area contributed by atoms with Gasteiger partial charge in [0.05, 0.1) is 18.6 Å². The number of nitrogens with one attached hydrogen (secondary N) is 2. The maximum atomic E-state index is 10.9. The Kier molecular flexibility index (Phi) is 6.10. The minimum atomic E-state index is -4.29. The number of aliphatic hydroxyl groups excluding tert-OH is 1. The van der Waals surface area contributed by atoms with E-state index < -0.39 is 16.4 Å². The average Bonchev–Trinajstić information content (AvgIpc) is 3.34. The van der Waals surface area contributed by atoms with Gasteiger partial charge >= 0.3 is 10.3 Å². The molecule has 0 aliphatic heterocycles. The average molecular weight is 448 g/mol. The molecular formula is C20H25N5O5S. The van der Waals surface area contributed by atoms with Crippen molar-refractivity contribution in [2.45, 2.75) is 31.5 Å². The van der Waals surface area contributed by atoms with Gasteiger partial charge in [-0.05, 0) is 25.0 Å². The van der Waals surface area contributed by atoms with Crippen molar-refractivity contribution < 1.29 is 22.8 Å². The van der Waals surface area contributed by atoms with Gasteiger partial charge in [-0.25, -0.2) is 9.97 Å². The Morgan fingerprint density at radius 1 is 1.23 bits per heavy atom. The number of hydrogen-bond acceptors (Lipinski definition) is 7. The van der Waals surface area contributed by atoms with E-state index in [1.807, 2.05) is 41.1 Å². The predicted molar refractivity (Wildman–Crippen MR) is 115 cm³/mol. The van der Waals surface area contributed by atoms with Gasteiger partial charge in [-0.3, -0.25) is 4.55 Å². The van der Waals surface area contributed by atoms with Gasteiger partial charge in [-0.2, -0.15) is 13.1 Å². The first kappa shape index (κ1) is 21.5. The number of methoxy groups -OCH3 is 1. The van der Waals surface area contributed by atoms with Crippen LogP contribution in [0.5, 0.6) is 5.75 Å². The minimum Gasteiger partial charge on any atom is -0.496 e. The fourth-order valence-electron chi connectivity index (χ4n) is 4.17. The van der Waals surface area contributed by atoms with E-state index in [1.165, 1.54) is 6.33 Å². The molecular weight excluding hydrogens is 422 g/mol. The summed E-state index contributed by atoms with van der Waals surface area (Å²) in [5.41, 5.74) is 1.74. The lowest BCUT2D eigenvalue weighted by Gasteiger charge is -2.15. The third-order valence-corrected chi connectivity index (χ3v) is 6.23. The van der Waals surface area contributed by atoms with Crippen molar-refractivity contribution in [1.82, 2.24) is 19.3 Å². The van der Waals surface area contributed by atoms with Gasteiger partial charge in [-0.15, -0.1) is 0 Å². The molecule has 3 atom stereocenters. The lowest BCUT2D eigenvalue weighted by Crippen LogP contribution is -2.31. The normalized spacial score (nSPS) is 21.5. The van der Waals surface area contributed by atoms with E-state index in [0.29, 0.717) is 25.2 Å². The minimum absolute atomic E-state index is 0.0175. The van der Waals surface area contributed by atoms with Crippen molar-refractivity contribution in [3.8, 4) is 5.75 Å². The summed E-state index contributed by atoms with van der Waals surface area (Å²) in [5.74, 6) is 1.19. The molecule has 31 heavy (non-hydrogen) atoms. The molecule has 1 aliphatic carbocycles. The maximum absolute atomic E-state index is 10.9. The van der Waals surface area contributed by atoms with Crippen LogP contribution in [0, 0.1) is 5.92 Å². The number of fused-ring (bicyclic) bond motifs is 1. The van der Waals surface area contributed by atoms with E-state index in [2.05, 4.69) is 20.0 Å². The zero-order valence-corrected chi connectivity index (χ0v) is 17.8. The molecule has 4 rings (SSSR count). The molecule has 0 bridgehead atoms. The SMILES string of the molecule is COc1ccccc1CNc1ncnc2c1ccn2[C@@H]1C[C@@H](CNS(=O)(=O)O)[C@@H](O)C1. The number of nitrogens with zero attached hydrogens (tertiary/aromatic N) is 3. The number of para-hydroxylation sites is 1. The van der Waals surface area contributed by atoms with Crippen LogP contribution in [-0.2, 0) is 16.8 Å². The first-order valence-electron chi connectivity index (χ1n) is 9.93. The Balaban J connectivity index is 1.51. The van der Waals surface area contributed by atoms with Crippen LogP contribution in [0.2, 0.25) is 0 Å². The lowest BCUT2D eigenvalue weighted by atomic mass is 10.1. The van der Waals surface area contributed by atoms with Crippen LogP contribution in [0.1, 0.15) is 24.4 Å². The Morgan fingerprint density at radius 3 is 2.81 bits per heavy atom. The summed E-state index contributed by atoms with van der Waals surface area (Å²) >= 11 is 0. The molecule has 11 heteroatoms. The summed E-state index contributed by atoms with van der Waals surface area (Å²) in [5, 5.41) is 14.5. The van der Waals surface area contributed by atoms with Gasteiger partial charge in [0, 0.05) is 36.8 Å². The van der Waals surface area contributed by atoms with E-state index >= 15 is 0 Å². The summed E-state index contributed by atoms with van der Waals surface area (Å²) in [6.45, 7) is 0.517. The summed E-state index contributed by atoms with van der Waals surface area (Å²) in [7, 11) is -2.65. The molecule has 0 amide bonds. The van der Waals surface area contributed by atoms with Crippen molar-refractivity contribution in [2.24, 2.45) is 5.92 Å². The zero-order valence-electron chi connectivity index (χ0n) is 17.0. The highest BCUT2D eigenvalue weighted by molar-refractivity contribution is 7.83. The van der Waals surface area contributed by atoms with Crippen molar-refractivity contribution in [2.75, 3.05) is 19.0 Å². The largest absolute Gasteiger partial charge is 0.496 e. The highest BCUT2D eigenvalue weighted by Gasteiger charge is 2.35. The van der Waals surface area contributed by atoms with E-state index in [1.54, 1.807) is 7.11 Å². The number of aliphatic hydroxyl groups is 1. The number of rotatable bonds is 8. The molecule has 0 spiro atoms. The van der Waals surface area contributed by atoms with E-state index in [9.17, 15) is 13.5 Å². The predicted octanol–water partition coefficient (Wildman–Crippen LogP) is 1.76. The molecule has 2 heterocycles. The van der Waals surface area contributed by atoms with Crippen LogP contribution in [0.15, 0.2) is 42.9 Å². The number of benzene rings is 1. The van der Waals surface area contributed by atoms with Crippen LogP contribution in [-0.4, -0.2) is 52.4 Å². The quantitative estimate of drug-likeness (QED) is 0.383. The van der Waals surface area contributed by atoms with Crippen LogP contribution >= 0.6 is 0 Å². The standard InChI is InChI=1S/C20H25N5O5S/c1-30-18-5-3-2-4-13(18)10-21-19-16-6-7-25(20(16)23-12-22-19)15-8-14(17(26)9-15)11-24-31(27,28)29/h2-7,12,14-15,17,24,26H,8-11H2,1H3,(H,21,22,23)(H,27,28,29)/t14-,15+,17-/m0/s1. The monoisotopic (exact) mass is 447 g/mol. The van der Waals surface area contributed by atoms with E-state index in [4.69, 9.17) is 9.29 Å². The Hall–Kier alpha value is -2.73. The van der Waals surface area contributed by atoms with Crippen molar-refractivity contribution in [3.63, 3.8) is 0 Å². The fourth-order valence-corrected chi connectivity index (χ4v) is 4.59. The van der Waals surface area contributed by atoms with Gasteiger partial charge in [-0.1, -0.05) is 18.2 Å². The Labute approximate surface area is 180 Å². The highest BCUT2D eigenvalue weighted by Crippen LogP contribution is 2.37. The number of anilines is 1. The molecule has 1 saturated carbocycles. The lowest BCUT2D eigenvalue weighted by molar-refractivity contribution is 0.133. The van der Waals surface area contributed by atoms with Gasteiger partial charge in [0.15, 0.2) is 0 Å². The molecule has 2 aromatic heterocycles. The van der Waals surface area contributed by atoms with Crippen molar-refractivity contribution in [3.05, 3.63) is 48.4 Å². The Morgan fingerprint density at radius 2 is 2.03 bits per heavy atom. The third kappa shape index (κ3) is 4.79. The molecule has 1 aliphatic rings. The molecule has 3 aromatic rings. The van der Waals surface area contributed by atoms with Crippen molar-refractivity contribution in [1.29, 1.82) is 0 Å². The number of hydrogen-bond donors (Lipinski definition) is 4. The summed E-state index contributed by atoms with van der Waals surface area (Å²) in [4.78, 5) is 8.80. The third-order valence-electron chi connectivity index (χ3n) is 5.70.